The molecule has 0 N–H and O–H groups in total. The Morgan fingerprint density at radius 3 is 2.86 bits per heavy atom. The van der Waals surface area contributed by atoms with Crippen molar-refractivity contribution in [1.29, 1.82) is 0 Å². The molecule has 1 aliphatic rings. The highest BCUT2D eigenvalue weighted by Gasteiger charge is 2.17. The summed E-state index contributed by atoms with van der Waals surface area (Å²) in [5.41, 5.74) is 0.927. The maximum atomic E-state index is 12.2. The number of likely N-dealkylation sites (tertiary alicyclic amines) is 1. The molecule has 0 unspecified atom stereocenters. The number of hydrogen-bond acceptors (Lipinski definition) is 5. The lowest BCUT2D eigenvalue weighted by atomic mass is 10.1. The molecule has 6 heteroatoms. The second kappa shape index (κ2) is 9.10. The molecule has 1 amide bonds. The SMILES string of the molecule is C[C@H](Cc1cnccn1)N(C)C(=O)CSCCN1CCCC1. The number of hydrogen-bond donors (Lipinski definition) is 0. The van der Waals surface area contributed by atoms with Crippen LogP contribution in [0.4, 0.5) is 0 Å². The van der Waals surface area contributed by atoms with Crippen molar-refractivity contribution in [3.05, 3.63) is 24.3 Å². The van der Waals surface area contributed by atoms with Crippen LogP contribution in [-0.2, 0) is 11.2 Å². The van der Waals surface area contributed by atoms with E-state index in [9.17, 15) is 4.79 Å². The van der Waals surface area contributed by atoms with Gasteiger partial charge >= 0.3 is 0 Å². The quantitative estimate of drug-likeness (QED) is 0.682. The largest absolute Gasteiger partial charge is 0.342 e. The Balaban J connectivity index is 1.65. The van der Waals surface area contributed by atoms with Gasteiger partial charge in [0.25, 0.3) is 0 Å². The van der Waals surface area contributed by atoms with E-state index in [1.54, 1.807) is 30.4 Å². The van der Waals surface area contributed by atoms with Crippen LogP contribution < -0.4 is 0 Å². The van der Waals surface area contributed by atoms with Crippen LogP contribution in [0.25, 0.3) is 0 Å². The first-order chi connectivity index (χ1) is 10.7. The lowest BCUT2D eigenvalue weighted by molar-refractivity contribution is -0.128. The Bertz CT molecular complexity index is 451. The summed E-state index contributed by atoms with van der Waals surface area (Å²) in [5.74, 6) is 1.80. The average Bonchev–Trinajstić information content (AvgIpc) is 3.05. The Kier molecular flexibility index (Phi) is 7.12. The van der Waals surface area contributed by atoms with Crippen LogP contribution >= 0.6 is 11.8 Å². The van der Waals surface area contributed by atoms with Gasteiger partial charge in [0, 0.05) is 50.4 Å². The summed E-state index contributed by atoms with van der Waals surface area (Å²) < 4.78 is 0. The number of likely N-dealkylation sites (N-methyl/N-ethyl adjacent to an activating group) is 1. The highest BCUT2D eigenvalue weighted by atomic mass is 32.2. The minimum atomic E-state index is 0.142. The summed E-state index contributed by atoms with van der Waals surface area (Å²) in [7, 11) is 1.88. The summed E-state index contributed by atoms with van der Waals surface area (Å²) >= 11 is 1.74. The second-order valence-electron chi connectivity index (χ2n) is 5.86. The predicted octanol–water partition coefficient (Wildman–Crippen LogP) is 1.69. The average molecular weight is 322 g/mol. The maximum absolute atomic E-state index is 12.2. The van der Waals surface area contributed by atoms with Gasteiger partial charge in [-0.2, -0.15) is 11.8 Å². The van der Waals surface area contributed by atoms with Crippen molar-refractivity contribution in [2.75, 3.05) is 38.2 Å². The molecule has 2 heterocycles. The molecule has 1 fully saturated rings. The molecule has 2 rings (SSSR count). The van der Waals surface area contributed by atoms with Gasteiger partial charge in [-0.25, -0.2) is 0 Å². The number of carbonyl (C=O) groups is 1. The number of carbonyl (C=O) groups excluding carboxylic acids is 1. The molecule has 1 aliphatic heterocycles. The second-order valence-corrected chi connectivity index (χ2v) is 6.96. The van der Waals surface area contributed by atoms with Gasteiger partial charge in [-0.1, -0.05) is 0 Å². The highest BCUT2D eigenvalue weighted by molar-refractivity contribution is 7.99. The normalized spacial score (nSPS) is 16.6. The van der Waals surface area contributed by atoms with E-state index < -0.39 is 0 Å². The molecule has 1 aromatic heterocycles. The van der Waals surface area contributed by atoms with Crippen LogP contribution in [0.3, 0.4) is 0 Å². The molecule has 1 atom stereocenters. The fraction of sp³-hybridized carbons (Fsp3) is 0.688. The molecule has 0 aliphatic carbocycles. The minimum Gasteiger partial charge on any atom is -0.342 e. The lowest BCUT2D eigenvalue weighted by Gasteiger charge is -2.24. The number of amides is 1. The lowest BCUT2D eigenvalue weighted by Crippen LogP contribution is -2.38. The molecular formula is C16H26N4OS. The third-order valence-electron chi connectivity index (χ3n) is 4.15. The summed E-state index contributed by atoms with van der Waals surface area (Å²) in [6, 6.07) is 0.142. The summed E-state index contributed by atoms with van der Waals surface area (Å²) in [6.45, 7) is 5.62. The molecule has 0 bridgehead atoms. The molecule has 0 saturated carbocycles. The fourth-order valence-electron chi connectivity index (χ4n) is 2.58. The van der Waals surface area contributed by atoms with E-state index in [1.807, 2.05) is 11.9 Å². The Hall–Kier alpha value is -1.14. The van der Waals surface area contributed by atoms with Crippen LogP contribution in [0.1, 0.15) is 25.5 Å². The first-order valence-electron chi connectivity index (χ1n) is 7.97. The molecule has 0 radical (unpaired) electrons. The summed E-state index contributed by atoms with van der Waals surface area (Å²) in [4.78, 5) is 24.9. The van der Waals surface area contributed by atoms with E-state index in [1.165, 1.54) is 25.9 Å². The Morgan fingerprint density at radius 2 is 2.18 bits per heavy atom. The summed E-state index contributed by atoms with van der Waals surface area (Å²) in [5, 5.41) is 0. The van der Waals surface area contributed by atoms with E-state index in [4.69, 9.17) is 0 Å². The Labute approximate surface area is 137 Å². The molecule has 0 aromatic carbocycles. The van der Waals surface area contributed by atoms with Gasteiger partial charge < -0.3 is 9.80 Å². The van der Waals surface area contributed by atoms with Crippen molar-refractivity contribution in [3.8, 4) is 0 Å². The molecule has 5 nitrogen and oxygen atoms in total. The van der Waals surface area contributed by atoms with Crippen molar-refractivity contribution >= 4 is 17.7 Å². The van der Waals surface area contributed by atoms with E-state index >= 15 is 0 Å². The van der Waals surface area contributed by atoms with E-state index in [-0.39, 0.29) is 11.9 Å². The topological polar surface area (TPSA) is 49.3 Å². The summed E-state index contributed by atoms with van der Waals surface area (Å²) in [6.07, 6.45) is 8.52. The van der Waals surface area contributed by atoms with Crippen molar-refractivity contribution < 1.29 is 4.79 Å². The fourth-order valence-corrected chi connectivity index (χ4v) is 3.49. The van der Waals surface area contributed by atoms with Gasteiger partial charge in [0.15, 0.2) is 0 Å². The van der Waals surface area contributed by atoms with Crippen LogP contribution in [0.15, 0.2) is 18.6 Å². The van der Waals surface area contributed by atoms with Crippen molar-refractivity contribution in [2.45, 2.75) is 32.2 Å². The molecule has 1 saturated heterocycles. The number of thioether (sulfide) groups is 1. The van der Waals surface area contributed by atoms with Gasteiger partial charge in [0.2, 0.25) is 5.91 Å². The number of nitrogens with zero attached hydrogens (tertiary/aromatic N) is 4. The number of rotatable bonds is 8. The minimum absolute atomic E-state index is 0.142. The molecular weight excluding hydrogens is 296 g/mol. The number of aromatic nitrogens is 2. The molecule has 1 aromatic rings. The standard InChI is InChI=1S/C16H26N4OS/c1-14(11-15-12-17-5-6-18-15)19(2)16(21)13-22-10-9-20-7-3-4-8-20/h5-6,12,14H,3-4,7-11,13H2,1-2H3/t14-/m1/s1. The zero-order valence-corrected chi connectivity index (χ0v) is 14.4. The maximum Gasteiger partial charge on any atom is 0.232 e. The predicted molar refractivity (Wildman–Crippen MR) is 91.0 cm³/mol. The van der Waals surface area contributed by atoms with Crippen LogP contribution in [0.2, 0.25) is 0 Å². The highest BCUT2D eigenvalue weighted by Crippen LogP contribution is 2.11. The van der Waals surface area contributed by atoms with Gasteiger partial charge in [-0.05, 0) is 32.9 Å². The third-order valence-corrected chi connectivity index (χ3v) is 5.07. The zero-order valence-electron chi connectivity index (χ0n) is 13.6. The van der Waals surface area contributed by atoms with Gasteiger partial charge in [-0.3, -0.25) is 14.8 Å². The third kappa shape index (κ3) is 5.57. The van der Waals surface area contributed by atoms with Crippen LogP contribution in [-0.4, -0.2) is 69.9 Å². The Morgan fingerprint density at radius 1 is 1.41 bits per heavy atom. The first kappa shape index (κ1) is 17.2. The van der Waals surface area contributed by atoms with Crippen LogP contribution in [0.5, 0.6) is 0 Å². The molecule has 0 spiro atoms. The van der Waals surface area contributed by atoms with E-state index in [2.05, 4.69) is 21.8 Å². The van der Waals surface area contributed by atoms with Gasteiger partial charge in [0.05, 0.1) is 11.4 Å². The smallest absolute Gasteiger partial charge is 0.232 e. The first-order valence-corrected chi connectivity index (χ1v) is 9.13. The van der Waals surface area contributed by atoms with Crippen molar-refractivity contribution in [2.24, 2.45) is 0 Å². The van der Waals surface area contributed by atoms with E-state index in [0.717, 1.165) is 24.4 Å². The van der Waals surface area contributed by atoms with Gasteiger partial charge in [0.1, 0.15) is 0 Å². The van der Waals surface area contributed by atoms with Gasteiger partial charge in [-0.15, -0.1) is 0 Å². The molecule has 122 valence electrons. The molecule has 22 heavy (non-hydrogen) atoms. The van der Waals surface area contributed by atoms with Crippen LogP contribution in [0, 0.1) is 0 Å². The van der Waals surface area contributed by atoms with E-state index in [0.29, 0.717) is 5.75 Å². The van der Waals surface area contributed by atoms with Crippen molar-refractivity contribution in [3.63, 3.8) is 0 Å². The zero-order chi connectivity index (χ0) is 15.8. The van der Waals surface area contributed by atoms with Crippen molar-refractivity contribution in [1.82, 2.24) is 19.8 Å². The monoisotopic (exact) mass is 322 g/mol.